The number of rotatable bonds is 5. The summed E-state index contributed by atoms with van der Waals surface area (Å²) in [4.78, 5) is 0.138. The van der Waals surface area contributed by atoms with Crippen molar-refractivity contribution < 1.29 is 8.42 Å². The van der Waals surface area contributed by atoms with Crippen molar-refractivity contribution in [2.24, 2.45) is 5.84 Å². The molecule has 0 saturated carbocycles. The van der Waals surface area contributed by atoms with E-state index in [1.165, 1.54) is 17.4 Å². The molecule has 1 aromatic heterocycles. The summed E-state index contributed by atoms with van der Waals surface area (Å²) in [6.07, 6.45) is 0. The van der Waals surface area contributed by atoms with E-state index in [-0.39, 0.29) is 10.9 Å². The molecule has 5 nitrogen and oxygen atoms in total. The van der Waals surface area contributed by atoms with Gasteiger partial charge in [-0.15, -0.1) is 0 Å². The van der Waals surface area contributed by atoms with Crippen molar-refractivity contribution in [3.8, 4) is 0 Å². The van der Waals surface area contributed by atoms with Gasteiger partial charge in [-0.05, 0) is 41.4 Å². The highest BCUT2D eigenvalue weighted by atomic mass is 32.2. The highest BCUT2D eigenvalue weighted by molar-refractivity contribution is 7.89. The van der Waals surface area contributed by atoms with Crippen LogP contribution in [0.1, 0.15) is 18.5 Å². The molecule has 0 amide bonds. The molecule has 7 heteroatoms. The van der Waals surface area contributed by atoms with Crippen LogP contribution in [0.25, 0.3) is 0 Å². The van der Waals surface area contributed by atoms with Crippen LogP contribution in [0.4, 0.5) is 5.69 Å². The number of para-hydroxylation sites is 1. The van der Waals surface area contributed by atoms with Gasteiger partial charge in [0.2, 0.25) is 10.0 Å². The van der Waals surface area contributed by atoms with Gasteiger partial charge in [0, 0.05) is 6.04 Å². The second kappa shape index (κ2) is 5.70. The molecule has 0 aliphatic rings. The third-order valence-electron chi connectivity index (χ3n) is 2.71. The van der Waals surface area contributed by atoms with E-state index in [0.29, 0.717) is 5.69 Å². The van der Waals surface area contributed by atoms with Crippen LogP contribution in [0.5, 0.6) is 0 Å². The Hall–Kier alpha value is -1.41. The molecule has 102 valence electrons. The number of nitrogens with two attached hydrogens (primary N) is 1. The summed E-state index contributed by atoms with van der Waals surface area (Å²) in [6.45, 7) is 1.80. The largest absolute Gasteiger partial charge is 0.323 e. The second-order valence-electron chi connectivity index (χ2n) is 4.04. The number of hydrazine groups is 1. The fraction of sp³-hybridized carbons (Fsp3) is 0.167. The minimum Gasteiger partial charge on any atom is -0.323 e. The van der Waals surface area contributed by atoms with Crippen molar-refractivity contribution >= 4 is 27.0 Å². The minimum absolute atomic E-state index is 0.138. The molecule has 1 unspecified atom stereocenters. The Balaban J connectivity index is 2.28. The SMILES string of the molecule is CC(NS(=O)(=O)c1ccccc1NN)c1ccsc1. The number of sulfonamides is 1. The Bertz CT molecular complexity index is 639. The number of anilines is 1. The molecule has 1 atom stereocenters. The molecule has 0 spiro atoms. The Morgan fingerprint density at radius 1 is 1.26 bits per heavy atom. The lowest BCUT2D eigenvalue weighted by molar-refractivity contribution is 0.567. The van der Waals surface area contributed by atoms with E-state index in [2.05, 4.69) is 10.1 Å². The maximum absolute atomic E-state index is 12.3. The van der Waals surface area contributed by atoms with Crippen molar-refractivity contribution in [2.45, 2.75) is 17.9 Å². The standard InChI is InChI=1S/C12H15N3O2S2/c1-9(10-6-7-18-8-10)15-19(16,17)12-5-3-2-4-11(12)14-13/h2-9,14-15H,13H2,1H3. The summed E-state index contributed by atoms with van der Waals surface area (Å²) in [6, 6.07) is 8.11. The van der Waals surface area contributed by atoms with Gasteiger partial charge >= 0.3 is 0 Å². The molecular weight excluding hydrogens is 282 g/mol. The first-order valence-electron chi connectivity index (χ1n) is 5.64. The topological polar surface area (TPSA) is 84.2 Å². The fourth-order valence-electron chi connectivity index (χ4n) is 1.71. The van der Waals surface area contributed by atoms with E-state index in [9.17, 15) is 8.42 Å². The molecular formula is C12H15N3O2S2. The summed E-state index contributed by atoms with van der Waals surface area (Å²) in [7, 11) is -3.62. The van der Waals surface area contributed by atoms with Gasteiger partial charge in [-0.1, -0.05) is 12.1 Å². The highest BCUT2D eigenvalue weighted by Crippen LogP contribution is 2.23. The Labute approximate surface area is 116 Å². The van der Waals surface area contributed by atoms with Crippen LogP contribution in [-0.2, 0) is 10.0 Å². The van der Waals surface area contributed by atoms with Crippen LogP contribution < -0.4 is 16.0 Å². The number of benzene rings is 1. The lowest BCUT2D eigenvalue weighted by Gasteiger charge is -2.15. The van der Waals surface area contributed by atoms with Gasteiger partial charge in [-0.25, -0.2) is 13.1 Å². The molecule has 0 radical (unpaired) electrons. The summed E-state index contributed by atoms with van der Waals surface area (Å²) < 4.78 is 27.3. The van der Waals surface area contributed by atoms with E-state index in [1.807, 2.05) is 16.8 Å². The van der Waals surface area contributed by atoms with Gasteiger partial charge in [-0.3, -0.25) is 5.84 Å². The lowest BCUT2D eigenvalue weighted by atomic mass is 10.2. The van der Waals surface area contributed by atoms with E-state index >= 15 is 0 Å². The normalized spacial score (nSPS) is 13.2. The predicted molar refractivity (Wildman–Crippen MR) is 77.3 cm³/mol. The van der Waals surface area contributed by atoms with Crippen molar-refractivity contribution in [3.05, 3.63) is 46.7 Å². The quantitative estimate of drug-likeness (QED) is 0.582. The fourth-order valence-corrected chi connectivity index (χ4v) is 3.86. The second-order valence-corrected chi connectivity index (χ2v) is 6.50. The Morgan fingerprint density at radius 2 is 2.00 bits per heavy atom. The Kier molecular flexibility index (Phi) is 4.20. The average molecular weight is 297 g/mol. The zero-order valence-corrected chi connectivity index (χ0v) is 12.0. The van der Waals surface area contributed by atoms with Crippen LogP contribution in [-0.4, -0.2) is 8.42 Å². The van der Waals surface area contributed by atoms with E-state index in [1.54, 1.807) is 25.1 Å². The number of hydrogen-bond donors (Lipinski definition) is 3. The van der Waals surface area contributed by atoms with Crippen LogP contribution >= 0.6 is 11.3 Å². The summed E-state index contributed by atoms with van der Waals surface area (Å²) >= 11 is 1.53. The molecule has 19 heavy (non-hydrogen) atoms. The van der Waals surface area contributed by atoms with Crippen LogP contribution in [0.15, 0.2) is 46.0 Å². The number of nitrogen functional groups attached to an aromatic ring is 1. The summed E-state index contributed by atoms with van der Waals surface area (Å²) in [5, 5.41) is 3.83. The van der Waals surface area contributed by atoms with Crippen LogP contribution in [0, 0.1) is 0 Å². The van der Waals surface area contributed by atoms with Crippen LogP contribution in [0.3, 0.4) is 0 Å². The molecule has 2 rings (SSSR count). The van der Waals surface area contributed by atoms with Crippen molar-refractivity contribution in [1.29, 1.82) is 0 Å². The van der Waals surface area contributed by atoms with Gasteiger partial charge < -0.3 is 5.43 Å². The molecule has 4 N–H and O–H groups in total. The van der Waals surface area contributed by atoms with E-state index in [0.717, 1.165) is 5.56 Å². The molecule has 2 aromatic rings. The van der Waals surface area contributed by atoms with Crippen molar-refractivity contribution in [1.82, 2.24) is 4.72 Å². The monoisotopic (exact) mass is 297 g/mol. The van der Waals surface area contributed by atoms with E-state index < -0.39 is 10.0 Å². The first-order valence-corrected chi connectivity index (χ1v) is 8.07. The molecule has 1 aromatic carbocycles. The van der Waals surface area contributed by atoms with Gasteiger partial charge in [0.15, 0.2) is 0 Å². The first kappa shape index (κ1) is 14.0. The number of hydrogen-bond acceptors (Lipinski definition) is 5. The van der Waals surface area contributed by atoms with E-state index in [4.69, 9.17) is 5.84 Å². The van der Waals surface area contributed by atoms with Crippen LogP contribution in [0.2, 0.25) is 0 Å². The number of thiophene rings is 1. The number of nitrogens with one attached hydrogen (secondary N) is 2. The molecule has 1 heterocycles. The van der Waals surface area contributed by atoms with Crippen molar-refractivity contribution in [3.63, 3.8) is 0 Å². The first-order chi connectivity index (χ1) is 9.04. The third kappa shape index (κ3) is 3.13. The zero-order valence-electron chi connectivity index (χ0n) is 10.3. The molecule has 0 saturated heterocycles. The molecule has 0 aliphatic carbocycles. The highest BCUT2D eigenvalue weighted by Gasteiger charge is 2.21. The Morgan fingerprint density at radius 3 is 2.63 bits per heavy atom. The summed E-state index contributed by atoms with van der Waals surface area (Å²) in [5.41, 5.74) is 3.70. The smallest absolute Gasteiger partial charge is 0.243 e. The zero-order chi connectivity index (χ0) is 13.9. The molecule has 0 fully saturated rings. The maximum atomic E-state index is 12.3. The van der Waals surface area contributed by atoms with Gasteiger partial charge in [0.1, 0.15) is 4.90 Å². The minimum atomic E-state index is -3.62. The maximum Gasteiger partial charge on any atom is 0.243 e. The van der Waals surface area contributed by atoms with Gasteiger partial charge in [0.25, 0.3) is 0 Å². The molecule has 0 bridgehead atoms. The predicted octanol–water partition coefficient (Wildman–Crippen LogP) is 2.07. The van der Waals surface area contributed by atoms with Crippen molar-refractivity contribution in [2.75, 3.05) is 5.43 Å². The summed E-state index contributed by atoms with van der Waals surface area (Å²) in [5.74, 6) is 5.33. The third-order valence-corrected chi connectivity index (χ3v) is 5.01. The van der Waals surface area contributed by atoms with Gasteiger partial charge in [0.05, 0.1) is 5.69 Å². The lowest BCUT2D eigenvalue weighted by Crippen LogP contribution is -2.27. The molecule has 0 aliphatic heterocycles. The average Bonchev–Trinajstić information content (AvgIpc) is 2.92. The van der Waals surface area contributed by atoms with Gasteiger partial charge in [-0.2, -0.15) is 11.3 Å².